The predicted molar refractivity (Wildman–Crippen MR) is 83.2 cm³/mol. The third kappa shape index (κ3) is 4.72. The molecule has 1 fully saturated rings. The van der Waals surface area contributed by atoms with Crippen LogP contribution in [0.1, 0.15) is 0 Å². The van der Waals surface area contributed by atoms with Gasteiger partial charge in [0.15, 0.2) is 0 Å². The van der Waals surface area contributed by atoms with Crippen molar-refractivity contribution >= 4 is 26.0 Å². The number of hydrogen-bond donors (Lipinski definition) is 1. The van der Waals surface area contributed by atoms with Crippen LogP contribution in [0, 0.1) is 5.82 Å². The highest BCUT2D eigenvalue weighted by Crippen LogP contribution is 2.19. The average molecular weight is 380 g/mol. The average Bonchev–Trinajstić information content (AvgIpc) is 2.40. The number of hydrogen-bond acceptors (Lipinski definition) is 4. The number of benzene rings is 1. The number of rotatable bonds is 5. The van der Waals surface area contributed by atoms with Crippen LogP contribution in [0.3, 0.4) is 0 Å². The fourth-order valence-electron chi connectivity index (χ4n) is 2.18. The Kier molecular flexibility index (Phi) is 5.73. The molecule has 0 aliphatic carbocycles. The van der Waals surface area contributed by atoms with Gasteiger partial charge in [-0.15, -0.1) is 0 Å². The van der Waals surface area contributed by atoms with E-state index in [0.29, 0.717) is 11.0 Å². The molecule has 0 bridgehead atoms. The van der Waals surface area contributed by atoms with Crippen molar-refractivity contribution in [2.45, 2.75) is 4.90 Å². The van der Waals surface area contributed by atoms with Crippen molar-refractivity contribution in [3.8, 4) is 0 Å². The van der Waals surface area contributed by atoms with Crippen molar-refractivity contribution < 1.29 is 12.8 Å². The van der Waals surface area contributed by atoms with Crippen molar-refractivity contribution in [2.24, 2.45) is 0 Å². The molecule has 0 unspecified atom stereocenters. The zero-order chi connectivity index (χ0) is 15.5. The molecule has 1 saturated heterocycles. The summed E-state index contributed by atoms with van der Waals surface area (Å²) in [6, 6.07) is 3.92. The van der Waals surface area contributed by atoms with Crippen LogP contribution in [0.4, 0.5) is 4.39 Å². The van der Waals surface area contributed by atoms with Crippen molar-refractivity contribution in [2.75, 3.05) is 46.3 Å². The summed E-state index contributed by atoms with van der Waals surface area (Å²) in [5, 5.41) is 0. The second kappa shape index (κ2) is 7.15. The topological polar surface area (TPSA) is 52.6 Å². The zero-order valence-corrected chi connectivity index (χ0v) is 14.3. The number of piperazine rings is 1. The van der Waals surface area contributed by atoms with Crippen molar-refractivity contribution in [3.63, 3.8) is 0 Å². The molecule has 5 nitrogen and oxygen atoms in total. The van der Waals surface area contributed by atoms with Gasteiger partial charge in [0, 0.05) is 43.7 Å². The number of likely N-dealkylation sites (N-methyl/N-ethyl adjacent to an activating group) is 1. The smallest absolute Gasteiger partial charge is 0.243 e. The molecule has 1 N–H and O–H groups in total. The molecule has 1 aliphatic rings. The molecular formula is C13H19BrFN3O2S. The standard InChI is InChI=1S/C13H19BrFN3O2S/c1-17-6-8-18(9-7-17)5-4-16-21(19,20)13-3-2-11(14)10-12(13)15/h2-3,10,16H,4-9H2,1H3. The summed E-state index contributed by atoms with van der Waals surface area (Å²) in [5.74, 6) is -0.753. The first-order chi connectivity index (χ1) is 9.88. The molecule has 0 aromatic heterocycles. The third-order valence-corrected chi connectivity index (χ3v) is 5.49. The molecule has 1 aromatic rings. The highest BCUT2D eigenvalue weighted by Gasteiger charge is 2.20. The second-order valence-corrected chi connectivity index (χ2v) is 7.77. The summed E-state index contributed by atoms with van der Waals surface area (Å²) in [7, 11) is -1.74. The van der Waals surface area contributed by atoms with Gasteiger partial charge in [0.05, 0.1) is 0 Å². The molecule has 2 rings (SSSR count). The number of nitrogens with zero attached hydrogens (tertiary/aromatic N) is 2. The third-order valence-electron chi connectivity index (χ3n) is 3.50. The van der Waals surface area contributed by atoms with Crippen molar-refractivity contribution in [1.82, 2.24) is 14.5 Å². The van der Waals surface area contributed by atoms with Crippen LogP contribution in [-0.4, -0.2) is 64.5 Å². The number of sulfonamides is 1. The van der Waals surface area contributed by atoms with Gasteiger partial charge < -0.3 is 4.90 Å². The Morgan fingerprint density at radius 2 is 1.95 bits per heavy atom. The lowest BCUT2D eigenvalue weighted by molar-refractivity contribution is 0.156. The molecule has 1 aliphatic heterocycles. The van der Waals surface area contributed by atoms with Crippen LogP contribution in [0.15, 0.2) is 27.6 Å². The van der Waals surface area contributed by atoms with Crippen molar-refractivity contribution in [3.05, 3.63) is 28.5 Å². The molecule has 1 aromatic carbocycles. The van der Waals surface area contributed by atoms with Crippen LogP contribution in [-0.2, 0) is 10.0 Å². The van der Waals surface area contributed by atoms with E-state index in [9.17, 15) is 12.8 Å². The van der Waals surface area contributed by atoms with Gasteiger partial charge in [0.1, 0.15) is 10.7 Å². The minimum Gasteiger partial charge on any atom is -0.304 e. The first-order valence-electron chi connectivity index (χ1n) is 6.74. The van der Waals surface area contributed by atoms with Gasteiger partial charge in [0.25, 0.3) is 0 Å². The largest absolute Gasteiger partial charge is 0.304 e. The fraction of sp³-hybridized carbons (Fsp3) is 0.538. The van der Waals surface area contributed by atoms with Crippen LogP contribution >= 0.6 is 15.9 Å². The summed E-state index contributed by atoms with van der Waals surface area (Å²) >= 11 is 3.11. The van der Waals surface area contributed by atoms with Gasteiger partial charge >= 0.3 is 0 Å². The fourth-order valence-corrected chi connectivity index (χ4v) is 3.59. The quantitative estimate of drug-likeness (QED) is 0.832. The monoisotopic (exact) mass is 379 g/mol. The zero-order valence-electron chi connectivity index (χ0n) is 11.8. The minimum absolute atomic E-state index is 0.279. The Hall–Kier alpha value is -0.540. The Balaban J connectivity index is 1.89. The van der Waals surface area contributed by atoms with E-state index < -0.39 is 15.8 Å². The molecule has 21 heavy (non-hydrogen) atoms. The lowest BCUT2D eigenvalue weighted by atomic mass is 10.3. The Bertz CT molecular complexity index is 589. The SMILES string of the molecule is CN1CCN(CCNS(=O)(=O)c2ccc(Br)cc2F)CC1. The van der Waals surface area contributed by atoms with Crippen LogP contribution in [0.2, 0.25) is 0 Å². The Morgan fingerprint density at radius 1 is 1.29 bits per heavy atom. The maximum absolute atomic E-state index is 13.7. The minimum atomic E-state index is -3.80. The molecule has 0 amide bonds. The number of halogens is 2. The lowest BCUT2D eigenvalue weighted by Gasteiger charge is -2.32. The van der Waals surface area contributed by atoms with E-state index in [1.165, 1.54) is 12.1 Å². The van der Waals surface area contributed by atoms with Gasteiger partial charge in [-0.3, -0.25) is 4.90 Å². The second-order valence-electron chi connectivity index (χ2n) is 5.12. The maximum atomic E-state index is 13.7. The summed E-state index contributed by atoms with van der Waals surface area (Å²) < 4.78 is 40.8. The first kappa shape index (κ1) is 16.8. The normalized spacial score (nSPS) is 18.0. The molecule has 0 saturated carbocycles. The van der Waals surface area contributed by atoms with Gasteiger partial charge in [-0.2, -0.15) is 0 Å². The summed E-state index contributed by atoms with van der Waals surface area (Å²) in [6.07, 6.45) is 0. The van der Waals surface area contributed by atoms with Gasteiger partial charge in [-0.1, -0.05) is 15.9 Å². The summed E-state index contributed by atoms with van der Waals surface area (Å²) in [6.45, 7) is 4.71. The predicted octanol–water partition coefficient (Wildman–Crippen LogP) is 1.11. The highest BCUT2D eigenvalue weighted by molar-refractivity contribution is 9.10. The first-order valence-corrected chi connectivity index (χ1v) is 9.02. The highest BCUT2D eigenvalue weighted by atomic mass is 79.9. The van der Waals surface area contributed by atoms with Crippen LogP contribution < -0.4 is 4.72 Å². The molecule has 0 radical (unpaired) electrons. The van der Waals surface area contributed by atoms with E-state index in [1.807, 2.05) is 0 Å². The molecule has 1 heterocycles. The summed E-state index contributed by atoms with van der Waals surface area (Å²) in [5.41, 5.74) is 0. The number of nitrogens with one attached hydrogen (secondary N) is 1. The van der Waals surface area contributed by atoms with E-state index in [1.54, 1.807) is 0 Å². The molecule has 0 atom stereocenters. The molecular weight excluding hydrogens is 361 g/mol. The Labute approximate surface area is 133 Å². The van der Waals surface area contributed by atoms with Gasteiger partial charge in [0.2, 0.25) is 10.0 Å². The van der Waals surface area contributed by atoms with E-state index >= 15 is 0 Å². The summed E-state index contributed by atoms with van der Waals surface area (Å²) in [4.78, 5) is 4.11. The molecule has 8 heteroatoms. The van der Waals surface area contributed by atoms with E-state index in [2.05, 4.69) is 37.5 Å². The van der Waals surface area contributed by atoms with E-state index in [4.69, 9.17) is 0 Å². The molecule has 0 spiro atoms. The van der Waals surface area contributed by atoms with Crippen LogP contribution in [0.5, 0.6) is 0 Å². The van der Waals surface area contributed by atoms with E-state index in [0.717, 1.165) is 32.2 Å². The van der Waals surface area contributed by atoms with Crippen LogP contribution in [0.25, 0.3) is 0 Å². The maximum Gasteiger partial charge on any atom is 0.243 e. The van der Waals surface area contributed by atoms with Gasteiger partial charge in [-0.25, -0.2) is 17.5 Å². The Morgan fingerprint density at radius 3 is 2.57 bits per heavy atom. The molecule has 118 valence electrons. The van der Waals surface area contributed by atoms with E-state index in [-0.39, 0.29) is 11.4 Å². The van der Waals surface area contributed by atoms with Crippen molar-refractivity contribution in [1.29, 1.82) is 0 Å². The van der Waals surface area contributed by atoms with Gasteiger partial charge in [-0.05, 0) is 25.2 Å². The lowest BCUT2D eigenvalue weighted by Crippen LogP contribution is -2.46.